The van der Waals surface area contributed by atoms with Crippen LogP contribution in [0.2, 0.25) is 0 Å². The van der Waals surface area contributed by atoms with Crippen LogP contribution in [-0.4, -0.2) is 54.5 Å². The fourth-order valence-electron chi connectivity index (χ4n) is 4.30. The molecule has 3 aromatic rings. The topological polar surface area (TPSA) is 162 Å². The number of carboxylic acids is 1. The summed E-state index contributed by atoms with van der Waals surface area (Å²) < 4.78 is 21.5. The monoisotopic (exact) mass is 568 g/mol. The lowest BCUT2D eigenvalue weighted by atomic mass is 9.99. The Hall–Kier alpha value is -4.49. The standard InChI is InChI=1S/C27H29FN6O5S/c1-3-15-10-19(22(28)21(11-15)39-8-7-35)23(32-17-4-5-18-16(12-17)13-30-25(18)29)26(31-14-36)33-34(2)20-6-9-40-24(20)27(37)38/h4-6,9-12,14,23,32,35H,3,7-8,13H2,1-2H3,(H2,29,30)(H,37,38)(H,31,33,36). The van der Waals surface area contributed by atoms with E-state index >= 15 is 4.39 Å². The van der Waals surface area contributed by atoms with Crippen LogP contribution >= 0.6 is 11.3 Å². The van der Waals surface area contributed by atoms with Crippen LogP contribution in [0.1, 0.15) is 44.9 Å². The Morgan fingerprint density at radius 2 is 2.15 bits per heavy atom. The molecule has 0 aliphatic carbocycles. The second kappa shape index (κ2) is 12.6. The number of aromatic carboxylic acids is 1. The second-order valence-corrected chi connectivity index (χ2v) is 9.70. The number of amides is 1. The molecule has 40 heavy (non-hydrogen) atoms. The van der Waals surface area contributed by atoms with Gasteiger partial charge in [-0.25, -0.2) is 9.18 Å². The van der Waals surface area contributed by atoms with Gasteiger partial charge in [-0.3, -0.25) is 14.8 Å². The molecule has 0 bridgehead atoms. The Balaban J connectivity index is 1.85. The number of amidine groups is 2. The van der Waals surface area contributed by atoms with Crippen molar-refractivity contribution in [1.82, 2.24) is 5.32 Å². The molecular formula is C27H29FN6O5S. The smallest absolute Gasteiger partial charge is 0.348 e. The molecule has 13 heteroatoms. The van der Waals surface area contributed by atoms with Crippen LogP contribution in [0.25, 0.3) is 0 Å². The van der Waals surface area contributed by atoms with Gasteiger partial charge in [0.2, 0.25) is 6.41 Å². The van der Waals surface area contributed by atoms with Gasteiger partial charge in [-0.1, -0.05) is 13.0 Å². The van der Waals surface area contributed by atoms with Crippen LogP contribution in [0.15, 0.2) is 51.9 Å². The van der Waals surface area contributed by atoms with E-state index in [9.17, 15) is 19.8 Å². The van der Waals surface area contributed by atoms with E-state index < -0.39 is 17.8 Å². The molecule has 0 saturated heterocycles. The minimum atomic E-state index is -1.13. The number of anilines is 2. The number of nitrogens with one attached hydrogen (secondary N) is 2. The van der Waals surface area contributed by atoms with E-state index in [1.807, 2.05) is 13.0 Å². The zero-order valence-corrected chi connectivity index (χ0v) is 22.7. The number of thiophene rings is 1. The molecule has 0 spiro atoms. The van der Waals surface area contributed by atoms with Gasteiger partial charge in [-0.2, -0.15) is 5.10 Å². The highest BCUT2D eigenvalue weighted by Crippen LogP contribution is 2.33. The third kappa shape index (κ3) is 6.05. The number of aliphatic hydroxyl groups excluding tert-OH is 1. The number of carboxylic acid groups (broad SMARTS) is 1. The molecule has 1 atom stereocenters. The average molecular weight is 569 g/mol. The Kier molecular flexibility index (Phi) is 8.97. The maximum atomic E-state index is 16.0. The Morgan fingerprint density at radius 3 is 2.85 bits per heavy atom. The van der Waals surface area contributed by atoms with Crippen molar-refractivity contribution in [3.63, 3.8) is 0 Å². The van der Waals surface area contributed by atoms with Crippen molar-refractivity contribution >= 4 is 46.8 Å². The predicted octanol–water partition coefficient (Wildman–Crippen LogP) is 3.09. The summed E-state index contributed by atoms with van der Waals surface area (Å²) in [4.78, 5) is 27.7. The minimum Gasteiger partial charge on any atom is -0.488 e. The largest absolute Gasteiger partial charge is 0.488 e. The molecule has 0 fully saturated rings. The quantitative estimate of drug-likeness (QED) is 0.0964. The van der Waals surface area contributed by atoms with Crippen molar-refractivity contribution in [2.24, 2.45) is 15.8 Å². The lowest BCUT2D eigenvalue weighted by Gasteiger charge is -2.26. The van der Waals surface area contributed by atoms with Crippen molar-refractivity contribution in [1.29, 1.82) is 0 Å². The summed E-state index contributed by atoms with van der Waals surface area (Å²) in [6.07, 6.45) is 0.963. The number of aliphatic imine (C=N–C) groups is 1. The van der Waals surface area contributed by atoms with E-state index in [4.69, 9.17) is 10.5 Å². The molecule has 4 rings (SSSR count). The first kappa shape index (κ1) is 28.5. The van der Waals surface area contributed by atoms with E-state index in [1.165, 1.54) is 12.1 Å². The fraction of sp³-hybridized carbons (Fsp3) is 0.259. The third-order valence-corrected chi connectivity index (χ3v) is 7.12. The first-order valence-electron chi connectivity index (χ1n) is 12.4. The van der Waals surface area contributed by atoms with Crippen LogP contribution in [-0.2, 0) is 17.8 Å². The number of nitrogens with zero attached hydrogens (tertiary/aromatic N) is 3. The maximum Gasteiger partial charge on any atom is 0.348 e. The van der Waals surface area contributed by atoms with Crippen molar-refractivity contribution in [3.8, 4) is 5.75 Å². The number of hydrazone groups is 1. The summed E-state index contributed by atoms with van der Waals surface area (Å²) >= 11 is 1.03. The summed E-state index contributed by atoms with van der Waals surface area (Å²) in [7, 11) is 1.53. The van der Waals surface area contributed by atoms with Crippen molar-refractivity contribution in [2.45, 2.75) is 25.9 Å². The molecule has 1 aromatic heterocycles. The number of ether oxygens (including phenoxy) is 1. The van der Waals surface area contributed by atoms with E-state index in [2.05, 4.69) is 20.7 Å². The van der Waals surface area contributed by atoms with Gasteiger partial charge < -0.3 is 31.3 Å². The molecule has 2 heterocycles. The van der Waals surface area contributed by atoms with Crippen LogP contribution in [0.3, 0.4) is 0 Å². The van der Waals surface area contributed by atoms with Crippen molar-refractivity contribution in [2.75, 3.05) is 30.6 Å². The molecular weight excluding hydrogens is 539 g/mol. The molecule has 1 aliphatic rings. The molecule has 0 radical (unpaired) electrons. The SMILES string of the molecule is CCc1cc(OCCO)c(F)c(C(Nc2ccc3c(c2)CN=C3N)/C(=N/N(C)c2ccsc2C(=O)O)NC=O)c1. The molecule has 1 aliphatic heterocycles. The highest BCUT2D eigenvalue weighted by molar-refractivity contribution is 7.12. The first-order valence-corrected chi connectivity index (χ1v) is 13.2. The molecule has 2 aromatic carbocycles. The number of carbonyl (C=O) groups is 2. The van der Waals surface area contributed by atoms with E-state index in [0.29, 0.717) is 36.6 Å². The van der Waals surface area contributed by atoms with Crippen LogP contribution in [0.4, 0.5) is 15.8 Å². The number of aryl methyl sites for hydroxylation is 1. The zero-order valence-electron chi connectivity index (χ0n) is 21.8. The summed E-state index contributed by atoms with van der Waals surface area (Å²) in [5.74, 6) is -1.46. The lowest BCUT2D eigenvalue weighted by molar-refractivity contribution is -0.108. The first-order chi connectivity index (χ1) is 19.3. The van der Waals surface area contributed by atoms with E-state index in [-0.39, 0.29) is 35.2 Å². The van der Waals surface area contributed by atoms with Gasteiger partial charge >= 0.3 is 5.97 Å². The highest BCUT2D eigenvalue weighted by atomic mass is 32.1. The third-order valence-electron chi connectivity index (χ3n) is 6.23. The lowest BCUT2D eigenvalue weighted by Crippen LogP contribution is -2.36. The fourth-order valence-corrected chi connectivity index (χ4v) is 5.05. The number of benzene rings is 2. The summed E-state index contributed by atoms with van der Waals surface area (Å²) in [6, 6.07) is 9.12. The van der Waals surface area contributed by atoms with Crippen LogP contribution in [0.5, 0.6) is 5.75 Å². The predicted molar refractivity (Wildman–Crippen MR) is 152 cm³/mol. The van der Waals surface area contributed by atoms with Crippen molar-refractivity contribution < 1.29 is 28.9 Å². The maximum absolute atomic E-state index is 16.0. The number of halogens is 1. The van der Waals surface area contributed by atoms with Crippen LogP contribution < -0.4 is 26.1 Å². The second-order valence-electron chi connectivity index (χ2n) is 8.78. The average Bonchev–Trinajstić information content (AvgIpc) is 3.58. The Morgan fingerprint density at radius 1 is 1.35 bits per heavy atom. The van der Waals surface area contributed by atoms with Gasteiger partial charge in [-0.15, -0.1) is 11.3 Å². The molecule has 1 amide bonds. The number of aliphatic hydroxyl groups is 1. The molecule has 0 saturated carbocycles. The van der Waals surface area contributed by atoms with E-state index in [1.54, 1.807) is 35.7 Å². The number of rotatable bonds is 12. The van der Waals surface area contributed by atoms with Gasteiger partial charge in [0, 0.05) is 23.9 Å². The highest BCUT2D eigenvalue weighted by Gasteiger charge is 2.27. The van der Waals surface area contributed by atoms with Gasteiger partial charge in [-0.05, 0) is 53.3 Å². The van der Waals surface area contributed by atoms with Gasteiger partial charge in [0.15, 0.2) is 17.4 Å². The summed E-state index contributed by atoms with van der Waals surface area (Å²) in [5, 5.41) is 32.0. The number of fused-ring (bicyclic) bond motifs is 1. The number of carbonyl (C=O) groups excluding carboxylic acids is 1. The van der Waals surface area contributed by atoms with Crippen LogP contribution in [0, 0.1) is 5.82 Å². The molecule has 11 nitrogen and oxygen atoms in total. The van der Waals surface area contributed by atoms with Gasteiger partial charge in [0.25, 0.3) is 0 Å². The zero-order chi connectivity index (χ0) is 28.8. The summed E-state index contributed by atoms with van der Waals surface area (Å²) in [6.45, 7) is 1.88. The van der Waals surface area contributed by atoms with Crippen molar-refractivity contribution in [3.05, 3.63) is 74.7 Å². The van der Waals surface area contributed by atoms with Gasteiger partial charge in [0.05, 0.1) is 18.8 Å². The Bertz CT molecular complexity index is 1470. The summed E-state index contributed by atoms with van der Waals surface area (Å²) in [5.41, 5.74) is 9.37. The van der Waals surface area contributed by atoms with E-state index in [0.717, 1.165) is 28.0 Å². The number of hydrogen-bond acceptors (Lipinski definition) is 10. The number of hydrogen-bond donors (Lipinski definition) is 5. The molecule has 6 N–H and O–H groups in total. The Labute approximate surface area is 233 Å². The number of nitrogens with two attached hydrogens (primary N) is 1. The molecule has 210 valence electrons. The molecule has 1 unspecified atom stereocenters. The minimum absolute atomic E-state index is 0.00318. The van der Waals surface area contributed by atoms with Gasteiger partial charge in [0.1, 0.15) is 23.4 Å². The normalized spacial score (nSPS) is 13.3.